The van der Waals surface area contributed by atoms with E-state index in [2.05, 4.69) is 5.32 Å². The maximum Gasteiger partial charge on any atom is 0.216 e. The maximum absolute atomic E-state index is 10.6. The second-order valence-electron chi connectivity index (χ2n) is 3.03. The molecule has 15 heavy (non-hydrogen) atoms. The van der Waals surface area contributed by atoms with Crippen LogP contribution in [0.4, 0.5) is 0 Å². The number of nitrogens with one attached hydrogen (secondary N) is 1. The number of hydrogen-bond donors (Lipinski definition) is 1. The van der Waals surface area contributed by atoms with Crippen molar-refractivity contribution in [3.8, 4) is 0 Å². The van der Waals surface area contributed by atoms with Gasteiger partial charge < -0.3 is 14.8 Å². The molecule has 4 nitrogen and oxygen atoms in total. The summed E-state index contributed by atoms with van der Waals surface area (Å²) in [5, 5.41) is 2.77. The van der Waals surface area contributed by atoms with E-state index >= 15 is 0 Å². The second-order valence-corrected chi connectivity index (χ2v) is 4.41. The summed E-state index contributed by atoms with van der Waals surface area (Å²) in [6.45, 7) is 7.58. The lowest BCUT2D eigenvalue weighted by Gasteiger charge is -2.15. The first-order chi connectivity index (χ1) is 7.20. The highest BCUT2D eigenvalue weighted by Gasteiger charge is 2.07. The number of carbonyl (C=O) groups excluding carboxylic acids is 1. The van der Waals surface area contributed by atoms with Gasteiger partial charge in [0.05, 0.1) is 0 Å². The lowest BCUT2D eigenvalue weighted by Crippen LogP contribution is -2.26. The summed E-state index contributed by atoms with van der Waals surface area (Å²) < 4.78 is 10.8. The van der Waals surface area contributed by atoms with E-state index in [0.29, 0.717) is 22.7 Å². The minimum atomic E-state index is -0.0580. The summed E-state index contributed by atoms with van der Waals surface area (Å²) in [6, 6.07) is 1.03. The molecule has 0 saturated carbocycles. The molecule has 0 aromatic rings. The van der Waals surface area contributed by atoms with Crippen molar-refractivity contribution in [1.82, 2.24) is 5.32 Å². The first-order valence-corrected chi connectivity index (χ1v) is 6.70. The molecule has 0 aliphatic carbocycles. The maximum atomic E-state index is 10.6. The first-order valence-electron chi connectivity index (χ1n) is 5.41. The summed E-state index contributed by atoms with van der Waals surface area (Å²) in [5.74, 6) is -0.0261. The minimum Gasteiger partial charge on any atom is -0.357 e. The van der Waals surface area contributed by atoms with Gasteiger partial charge in [-0.2, -0.15) is 0 Å². The topological polar surface area (TPSA) is 47.6 Å². The molecule has 5 heteroatoms. The Hall–Kier alpha value is -0.393. The van der Waals surface area contributed by atoms with Gasteiger partial charge in [-0.1, -0.05) is 6.04 Å². The number of ether oxygens (including phenoxy) is 2. The minimum absolute atomic E-state index is 0.0319. The monoisotopic (exact) mass is 231 g/mol. The van der Waals surface area contributed by atoms with Crippen molar-refractivity contribution >= 4 is 15.4 Å². The molecule has 0 bridgehead atoms. The Labute approximate surface area is 94.5 Å². The summed E-state index contributed by atoms with van der Waals surface area (Å²) >= 11 is 0. The quantitative estimate of drug-likeness (QED) is 0.366. The lowest BCUT2D eigenvalue weighted by atomic mass is 10.5. The van der Waals surface area contributed by atoms with Crippen molar-refractivity contribution in [2.45, 2.75) is 39.1 Å². The normalized spacial score (nSPS) is 10.7. The Morgan fingerprint density at radius 3 is 2.40 bits per heavy atom. The average molecular weight is 231 g/mol. The zero-order valence-electron chi connectivity index (χ0n) is 9.84. The fourth-order valence-corrected chi connectivity index (χ4v) is 2.23. The van der Waals surface area contributed by atoms with Gasteiger partial charge in [-0.05, 0) is 20.3 Å². The van der Waals surface area contributed by atoms with Gasteiger partial charge in [0, 0.05) is 26.7 Å². The Bertz CT molecular complexity index is 161. The standard InChI is InChI=1S/C10H21NO3Si/c1-4-13-10(14-5-2)15-8-6-7-11-9(3)12/h10H,4-8H2,1-3H3,(H,11,12). The highest BCUT2D eigenvalue weighted by Crippen LogP contribution is 1.98. The molecular weight excluding hydrogens is 210 g/mol. The third kappa shape index (κ3) is 9.90. The molecule has 0 unspecified atom stereocenters. The van der Waals surface area contributed by atoms with Crippen LogP contribution in [0.2, 0.25) is 6.04 Å². The van der Waals surface area contributed by atoms with E-state index in [9.17, 15) is 4.79 Å². The van der Waals surface area contributed by atoms with Crippen molar-refractivity contribution in [3.63, 3.8) is 0 Å². The van der Waals surface area contributed by atoms with E-state index < -0.39 is 0 Å². The predicted octanol–water partition coefficient (Wildman–Crippen LogP) is 0.992. The molecule has 0 heterocycles. The van der Waals surface area contributed by atoms with Gasteiger partial charge in [0.1, 0.15) is 15.4 Å². The number of carbonyl (C=O) groups is 1. The Balaban J connectivity index is 3.39. The molecule has 0 fully saturated rings. The SMILES string of the molecule is CCOC(OCC)[Si]CCCNC(C)=O. The molecule has 0 aliphatic rings. The molecule has 0 aromatic carbocycles. The number of hydrogen-bond acceptors (Lipinski definition) is 3. The third-order valence-corrected chi connectivity index (χ3v) is 2.98. The van der Waals surface area contributed by atoms with Crippen LogP contribution in [0.3, 0.4) is 0 Å². The van der Waals surface area contributed by atoms with Crippen LogP contribution in [0.15, 0.2) is 0 Å². The van der Waals surface area contributed by atoms with Crippen LogP contribution in [0.1, 0.15) is 27.2 Å². The van der Waals surface area contributed by atoms with E-state index in [1.54, 1.807) is 0 Å². The Morgan fingerprint density at radius 2 is 1.93 bits per heavy atom. The van der Waals surface area contributed by atoms with Crippen molar-refractivity contribution in [3.05, 3.63) is 0 Å². The van der Waals surface area contributed by atoms with E-state index in [1.807, 2.05) is 13.8 Å². The van der Waals surface area contributed by atoms with Crippen molar-refractivity contribution in [1.29, 1.82) is 0 Å². The summed E-state index contributed by atoms with van der Waals surface area (Å²) in [5.41, 5.74) is 0. The van der Waals surface area contributed by atoms with Gasteiger partial charge in [0.2, 0.25) is 5.91 Å². The van der Waals surface area contributed by atoms with Crippen LogP contribution < -0.4 is 5.32 Å². The summed E-state index contributed by atoms with van der Waals surface area (Å²) in [7, 11) is 0.645. The van der Waals surface area contributed by atoms with E-state index in [0.717, 1.165) is 19.0 Å². The van der Waals surface area contributed by atoms with Crippen LogP contribution in [0, 0.1) is 0 Å². The molecule has 1 N–H and O–H groups in total. The van der Waals surface area contributed by atoms with Crippen LogP contribution in [0.25, 0.3) is 0 Å². The Kier molecular flexibility index (Phi) is 9.87. The van der Waals surface area contributed by atoms with E-state index in [1.165, 1.54) is 6.92 Å². The Morgan fingerprint density at radius 1 is 1.33 bits per heavy atom. The van der Waals surface area contributed by atoms with Gasteiger partial charge >= 0.3 is 0 Å². The fourth-order valence-electron chi connectivity index (χ4n) is 1.04. The zero-order valence-corrected chi connectivity index (χ0v) is 10.8. The fraction of sp³-hybridized carbons (Fsp3) is 0.900. The molecule has 0 aromatic heterocycles. The van der Waals surface area contributed by atoms with E-state index in [4.69, 9.17) is 9.47 Å². The van der Waals surface area contributed by atoms with Gasteiger partial charge in [-0.15, -0.1) is 0 Å². The molecular formula is C10H21NO3Si. The molecule has 0 atom stereocenters. The number of rotatable bonds is 9. The molecule has 88 valence electrons. The highest BCUT2D eigenvalue weighted by atomic mass is 28.2. The average Bonchev–Trinajstić information content (AvgIpc) is 2.17. The van der Waals surface area contributed by atoms with Crippen molar-refractivity contribution < 1.29 is 14.3 Å². The van der Waals surface area contributed by atoms with Crippen LogP contribution >= 0.6 is 0 Å². The highest BCUT2D eigenvalue weighted by molar-refractivity contribution is 6.36. The molecule has 0 spiro atoms. The van der Waals surface area contributed by atoms with Crippen LogP contribution in [-0.4, -0.2) is 41.1 Å². The van der Waals surface area contributed by atoms with Gasteiger partial charge in [0.15, 0.2) is 0 Å². The molecule has 2 radical (unpaired) electrons. The van der Waals surface area contributed by atoms with Crippen LogP contribution in [0.5, 0.6) is 0 Å². The molecule has 0 saturated heterocycles. The van der Waals surface area contributed by atoms with Crippen molar-refractivity contribution in [2.24, 2.45) is 0 Å². The molecule has 0 rings (SSSR count). The summed E-state index contributed by atoms with van der Waals surface area (Å²) in [6.07, 6.45) is 0.981. The zero-order chi connectivity index (χ0) is 11.5. The van der Waals surface area contributed by atoms with Gasteiger partial charge in [0.25, 0.3) is 0 Å². The van der Waals surface area contributed by atoms with Crippen LogP contribution in [-0.2, 0) is 14.3 Å². The summed E-state index contributed by atoms with van der Waals surface area (Å²) in [4.78, 5) is 10.6. The molecule has 1 amide bonds. The van der Waals surface area contributed by atoms with Crippen molar-refractivity contribution in [2.75, 3.05) is 19.8 Å². The first kappa shape index (κ1) is 14.6. The number of amides is 1. The smallest absolute Gasteiger partial charge is 0.216 e. The van der Waals surface area contributed by atoms with Gasteiger partial charge in [-0.25, -0.2) is 0 Å². The predicted molar refractivity (Wildman–Crippen MR) is 60.9 cm³/mol. The lowest BCUT2D eigenvalue weighted by molar-refractivity contribution is -0.118. The van der Waals surface area contributed by atoms with E-state index in [-0.39, 0.29) is 11.8 Å². The second kappa shape index (κ2) is 10.1. The van der Waals surface area contributed by atoms with Gasteiger partial charge in [-0.3, -0.25) is 4.79 Å². The largest absolute Gasteiger partial charge is 0.357 e. The molecule has 0 aliphatic heterocycles. The third-order valence-electron chi connectivity index (χ3n) is 1.67.